The van der Waals surface area contributed by atoms with Gasteiger partial charge in [0.2, 0.25) is 10.0 Å². The van der Waals surface area contributed by atoms with Crippen LogP contribution < -0.4 is 10.5 Å². The summed E-state index contributed by atoms with van der Waals surface area (Å²) < 4.78 is 39.4. The summed E-state index contributed by atoms with van der Waals surface area (Å²) in [6.45, 7) is 5.52. The van der Waals surface area contributed by atoms with Crippen molar-refractivity contribution in [2.75, 3.05) is 6.54 Å². The van der Waals surface area contributed by atoms with Crippen LogP contribution in [-0.4, -0.2) is 21.0 Å². The number of hydrogen-bond acceptors (Lipinski definition) is 3. The molecule has 0 bridgehead atoms. The second kappa shape index (κ2) is 7.19. The molecule has 4 nitrogen and oxygen atoms in total. The molecule has 1 atom stereocenters. The van der Waals surface area contributed by atoms with Crippen LogP contribution in [-0.2, 0) is 10.0 Å². The predicted octanol–water partition coefficient (Wildman–Crippen LogP) is 1.82. The van der Waals surface area contributed by atoms with Gasteiger partial charge in [-0.3, -0.25) is 0 Å². The lowest BCUT2D eigenvalue weighted by Crippen LogP contribution is -2.40. The number of sulfonamides is 1. The van der Waals surface area contributed by atoms with Gasteiger partial charge < -0.3 is 5.73 Å². The smallest absolute Gasteiger partial charge is 0.240 e. The van der Waals surface area contributed by atoms with Gasteiger partial charge >= 0.3 is 0 Å². The molecule has 0 spiro atoms. The minimum absolute atomic E-state index is 0. The van der Waals surface area contributed by atoms with Crippen molar-refractivity contribution in [1.29, 1.82) is 0 Å². The highest BCUT2D eigenvalue weighted by Crippen LogP contribution is 2.14. The molecule has 1 rings (SSSR count). The Morgan fingerprint density at radius 3 is 2.42 bits per heavy atom. The van der Waals surface area contributed by atoms with Crippen molar-refractivity contribution < 1.29 is 12.8 Å². The van der Waals surface area contributed by atoms with Crippen LogP contribution in [0.25, 0.3) is 0 Å². The van der Waals surface area contributed by atoms with Crippen molar-refractivity contribution in [3.63, 3.8) is 0 Å². The second-order valence-electron chi connectivity index (χ2n) is 4.67. The van der Waals surface area contributed by atoms with Gasteiger partial charge in [-0.05, 0) is 36.6 Å². The van der Waals surface area contributed by atoms with E-state index in [1.165, 1.54) is 19.1 Å². The lowest BCUT2D eigenvalue weighted by Gasteiger charge is -2.16. The Balaban J connectivity index is 0.00000324. The fourth-order valence-corrected chi connectivity index (χ4v) is 2.47. The zero-order valence-electron chi connectivity index (χ0n) is 11.2. The van der Waals surface area contributed by atoms with Crippen LogP contribution >= 0.6 is 12.4 Å². The van der Waals surface area contributed by atoms with Crippen LogP contribution in [0, 0.1) is 18.7 Å². The van der Waals surface area contributed by atoms with Gasteiger partial charge in [-0.15, -0.1) is 12.4 Å². The van der Waals surface area contributed by atoms with Gasteiger partial charge in [0.05, 0.1) is 4.90 Å². The van der Waals surface area contributed by atoms with Crippen molar-refractivity contribution in [1.82, 2.24) is 4.72 Å². The Morgan fingerprint density at radius 1 is 1.37 bits per heavy atom. The summed E-state index contributed by atoms with van der Waals surface area (Å²) in [6, 6.07) is 3.44. The van der Waals surface area contributed by atoms with Crippen molar-refractivity contribution in [2.24, 2.45) is 11.7 Å². The van der Waals surface area contributed by atoms with Crippen molar-refractivity contribution in [3.05, 3.63) is 29.6 Å². The van der Waals surface area contributed by atoms with E-state index in [4.69, 9.17) is 5.73 Å². The zero-order chi connectivity index (χ0) is 13.9. The SMILES string of the molecule is Cc1cc(S(=O)(=O)NCC(N)C(C)C)ccc1F.Cl. The topological polar surface area (TPSA) is 72.2 Å². The molecule has 1 aromatic carbocycles. The molecule has 7 heteroatoms. The molecular formula is C12H20ClFN2O2S. The number of halogens is 2. The molecule has 0 saturated carbocycles. The first-order chi connectivity index (χ1) is 8.24. The number of benzene rings is 1. The molecule has 1 unspecified atom stereocenters. The molecule has 110 valence electrons. The molecule has 1 aromatic rings. The van der Waals surface area contributed by atoms with Crippen LogP contribution in [0.2, 0.25) is 0 Å². The summed E-state index contributed by atoms with van der Waals surface area (Å²) in [5.74, 6) is -0.240. The van der Waals surface area contributed by atoms with Crippen LogP contribution in [0.4, 0.5) is 4.39 Å². The lowest BCUT2D eigenvalue weighted by molar-refractivity contribution is 0.481. The van der Waals surface area contributed by atoms with Crippen molar-refractivity contribution >= 4 is 22.4 Å². The molecule has 0 aliphatic carbocycles. The molecule has 0 amide bonds. The first kappa shape index (κ1) is 18.3. The fraction of sp³-hybridized carbons (Fsp3) is 0.500. The summed E-state index contributed by atoms with van der Waals surface area (Å²) in [7, 11) is -3.62. The maximum atomic E-state index is 13.1. The number of nitrogens with one attached hydrogen (secondary N) is 1. The summed E-state index contributed by atoms with van der Waals surface area (Å²) in [4.78, 5) is 0.0531. The number of rotatable bonds is 5. The molecule has 0 heterocycles. The van der Waals surface area contributed by atoms with Crippen molar-refractivity contribution in [2.45, 2.75) is 31.7 Å². The van der Waals surface area contributed by atoms with Gasteiger partial charge in [0.15, 0.2) is 0 Å². The third kappa shape index (κ3) is 5.06. The number of nitrogens with two attached hydrogens (primary N) is 1. The average Bonchev–Trinajstić information content (AvgIpc) is 2.29. The molecule has 0 aromatic heterocycles. The lowest BCUT2D eigenvalue weighted by atomic mass is 10.1. The summed E-state index contributed by atoms with van der Waals surface area (Å²) in [6.07, 6.45) is 0. The third-order valence-electron chi connectivity index (χ3n) is 2.81. The van der Waals surface area contributed by atoms with E-state index in [-0.39, 0.29) is 35.8 Å². The van der Waals surface area contributed by atoms with Gasteiger partial charge in [-0.2, -0.15) is 0 Å². The first-order valence-electron chi connectivity index (χ1n) is 5.75. The molecular weight excluding hydrogens is 291 g/mol. The molecule has 0 aliphatic heterocycles. The highest BCUT2D eigenvalue weighted by Gasteiger charge is 2.17. The molecule has 0 fully saturated rings. The average molecular weight is 311 g/mol. The standard InChI is InChI=1S/C12H19FN2O2S.ClH/c1-8(2)12(14)7-15-18(16,17)10-4-5-11(13)9(3)6-10;/h4-6,8,12,15H,7,14H2,1-3H3;1H. The van der Waals surface area contributed by atoms with Crippen LogP contribution in [0.3, 0.4) is 0 Å². The summed E-state index contributed by atoms with van der Waals surface area (Å²) in [5.41, 5.74) is 6.07. The maximum Gasteiger partial charge on any atom is 0.240 e. The van der Waals surface area contributed by atoms with Gasteiger partial charge in [-0.25, -0.2) is 17.5 Å². The molecule has 0 aliphatic rings. The quantitative estimate of drug-likeness (QED) is 0.871. The minimum atomic E-state index is -3.62. The largest absolute Gasteiger partial charge is 0.326 e. The van der Waals surface area contributed by atoms with E-state index in [2.05, 4.69) is 4.72 Å². The van der Waals surface area contributed by atoms with Gasteiger partial charge in [0.1, 0.15) is 5.82 Å². The van der Waals surface area contributed by atoms with E-state index in [0.717, 1.165) is 6.07 Å². The molecule has 0 saturated heterocycles. The predicted molar refractivity (Wildman–Crippen MR) is 76.4 cm³/mol. The summed E-state index contributed by atoms with van der Waals surface area (Å²) >= 11 is 0. The number of aryl methyl sites for hydroxylation is 1. The van der Waals surface area contributed by atoms with Gasteiger partial charge in [0, 0.05) is 12.6 Å². The highest BCUT2D eigenvalue weighted by atomic mass is 35.5. The van der Waals surface area contributed by atoms with E-state index >= 15 is 0 Å². The fourth-order valence-electron chi connectivity index (χ4n) is 1.31. The number of hydrogen-bond donors (Lipinski definition) is 2. The van der Waals surface area contributed by atoms with Crippen LogP contribution in [0.1, 0.15) is 19.4 Å². The van der Waals surface area contributed by atoms with Crippen LogP contribution in [0.5, 0.6) is 0 Å². The Morgan fingerprint density at radius 2 is 1.95 bits per heavy atom. The van der Waals surface area contributed by atoms with E-state index in [1.54, 1.807) is 0 Å². The highest BCUT2D eigenvalue weighted by molar-refractivity contribution is 7.89. The molecule has 19 heavy (non-hydrogen) atoms. The molecule has 0 radical (unpaired) electrons. The third-order valence-corrected chi connectivity index (χ3v) is 4.23. The Bertz CT molecular complexity index is 520. The minimum Gasteiger partial charge on any atom is -0.326 e. The Kier molecular flexibility index (Phi) is 6.93. The van der Waals surface area contributed by atoms with Crippen LogP contribution in [0.15, 0.2) is 23.1 Å². The van der Waals surface area contributed by atoms with Crippen molar-refractivity contribution in [3.8, 4) is 0 Å². The van der Waals surface area contributed by atoms with E-state index in [1.807, 2.05) is 13.8 Å². The normalized spacial score (nSPS) is 13.2. The Labute approximate surface area is 120 Å². The van der Waals surface area contributed by atoms with Gasteiger partial charge in [-0.1, -0.05) is 13.8 Å². The van der Waals surface area contributed by atoms with E-state index < -0.39 is 15.8 Å². The zero-order valence-corrected chi connectivity index (χ0v) is 12.8. The maximum absolute atomic E-state index is 13.1. The Hall–Kier alpha value is -0.690. The monoisotopic (exact) mass is 310 g/mol. The first-order valence-corrected chi connectivity index (χ1v) is 7.23. The molecule has 3 N–H and O–H groups in total. The van der Waals surface area contributed by atoms with Gasteiger partial charge in [0.25, 0.3) is 0 Å². The van der Waals surface area contributed by atoms with E-state index in [0.29, 0.717) is 5.56 Å². The summed E-state index contributed by atoms with van der Waals surface area (Å²) in [5, 5.41) is 0. The van der Waals surface area contributed by atoms with E-state index in [9.17, 15) is 12.8 Å². The second-order valence-corrected chi connectivity index (χ2v) is 6.44.